The van der Waals surface area contributed by atoms with Gasteiger partial charge in [0.15, 0.2) is 5.03 Å². The van der Waals surface area contributed by atoms with Crippen LogP contribution < -0.4 is 5.56 Å². The third-order valence-corrected chi connectivity index (χ3v) is 9.47. The zero-order chi connectivity index (χ0) is 31.8. The minimum atomic E-state index is -4.76. The van der Waals surface area contributed by atoms with Crippen LogP contribution in [0.5, 0.6) is 0 Å². The van der Waals surface area contributed by atoms with Crippen molar-refractivity contribution in [1.29, 1.82) is 0 Å². The van der Waals surface area contributed by atoms with Crippen LogP contribution in [0, 0.1) is 0 Å². The van der Waals surface area contributed by atoms with Crippen LogP contribution in [0.15, 0.2) is 82.6 Å². The number of ether oxygens (including phenoxy) is 1. The van der Waals surface area contributed by atoms with Crippen molar-refractivity contribution in [2.24, 2.45) is 0 Å². The van der Waals surface area contributed by atoms with Gasteiger partial charge >= 0.3 is 18.1 Å². The van der Waals surface area contributed by atoms with E-state index < -0.39 is 56.9 Å². The molecule has 0 spiro atoms. The summed E-state index contributed by atoms with van der Waals surface area (Å²) in [6.07, 6.45) is -5.26. The van der Waals surface area contributed by atoms with E-state index in [1.54, 1.807) is 12.1 Å². The number of carboxylic acid groups (broad SMARTS) is 1. The summed E-state index contributed by atoms with van der Waals surface area (Å²) in [5.74, 6) is -2.11. The Labute approximate surface area is 250 Å². The van der Waals surface area contributed by atoms with Crippen LogP contribution in [0.1, 0.15) is 35.6 Å². The zero-order valence-electron chi connectivity index (χ0n) is 23.4. The molecule has 0 bridgehead atoms. The molecule has 1 aromatic heterocycles. The van der Waals surface area contributed by atoms with Gasteiger partial charge in [0, 0.05) is 31.1 Å². The number of benzene rings is 3. The van der Waals surface area contributed by atoms with E-state index in [9.17, 15) is 36.0 Å². The third-order valence-electron chi connectivity index (χ3n) is 7.57. The first-order chi connectivity index (χ1) is 20.8. The molecule has 1 aliphatic heterocycles. The predicted molar refractivity (Wildman–Crippen MR) is 155 cm³/mol. The van der Waals surface area contributed by atoms with Crippen molar-refractivity contribution in [2.45, 2.75) is 36.5 Å². The molecule has 5 rings (SSSR count). The second-order valence-electron chi connectivity index (χ2n) is 10.4. The molecule has 1 aliphatic rings. The fourth-order valence-electron chi connectivity index (χ4n) is 5.58. The number of sulfonamides is 1. The van der Waals surface area contributed by atoms with Crippen molar-refractivity contribution in [3.8, 4) is 11.1 Å². The molecular weight excluding hydrogens is 601 g/mol. The highest BCUT2D eigenvalue weighted by atomic mass is 32.2. The molecule has 44 heavy (non-hydrogen) atoms. The van der Waals surface area contributed by atoms with Crippen LogP contribution in [-0.2, 0) is 36.9 Å². The number of nitrogens with zero attached hydrogens (tertiary/aromatic N) is 2. The van der Waals surface area contributed by atoms with Gasteiger partial charge in [-0.2, -0.15) is 17.5 Å². The van der Waals surface area contributed by atoms with Gasteiger partial charge in [-0.25, -0.2) is 13.2 Å². The molecule has 0 saturated heterocycles. The van der Waals surface area contributed by atoms with E-state index >= 15 is 0 Å². The average molecular weight is 629 g/mol. The van der Waals surface area contributed by atoms with E-state index in [1.807, 2.05) is 30.3 Å². The fraction of sp³-hybridized carbons (Fsp3) is 0.258. The third kappa shape index (κ3) is 5.84. The number of rotatable bonds is 8. The van der Waals surface area contributed by atoms with Crippen LogP contribution in [0.3, 0.4) is 0 Å². The van der Waals surface area contributed by atoms with Crippen molar-refractivity contribution < 1.29 is 41.0 Å². The van der Waals surface area contributed by atoms with E-state index in [2.05, 4.69) is 0 Å². The molecule has 1 atom stereocenters. The first-order valence-corrected chi connectivity index (χ1v) is 15.0. The number of hydrogen-bond donors (Lipinski definition) is 1. The highest BCUT2D eigenvalue weighted by molar-refractivity contribution is 7.89. The lowest BCUT2D eigenvalue weighted by Crippen LogP contribution is -2.50. The Bertz CT molecular complexity index is 1930. The lowest BCUT2D eigenvalue weighted by atomic mass is 9.93. The molecular formula is C31H27F3N2O7S. The zero-order valence-corrected chi connectivity index (χ0v) is 24.2. The SMILES string of the molecule is COC(=O)C1CN(CCCC(=O)O)S(=O)(=O)c2c(-c3cccc(C(F)(F)F)c3)c(Cc3cccc4ccccc34)cc(=O)n21. The Balaban J connectivity index is 1.83. The van der Waals surface area contributed by atoms with Crippen molar-refractivity contribution >= 4 is 32.7 Å². The molecule has 13 heteroatoms. The number of fused-ring (bicyclic) bond motifs is 2. The molecule has 1 unspecified atom stereocenters. The van der Waals surface area contributed by atoms with Gasteiger partial charge in [-0.15, -0.1) is 0 Å². The second kappa shape index (κ2) is 11.9. The largest absolute Gasteiger partial charge is 0.481 e. The number of pyridine rings is 1. The van der Waals surface area contributed by atoms with Gasteiger partial charge in [0.05, 0.1) is 12.7 Å². The maximum absolute atomic E-state index is 14.2. The van der Waals surface area contributed by atoms with Gasteiger partial charge in [-0.3, -0.25) is 14.2 Å². The number of aliphatic carboxylic acids is 1. The number of carbonyl (C=O) groups is 2. The number of carbonyl (C=O) groups excluding carboxylic acids is 1. The molecule has 2 heterocycles. The quantitative estimate of drug-likeness (QED) is 0.277. The van der Waals surface area contributed by atoms with Crippen molar-refractivity contribution in [3.05, 3.63) is 99.8 Å². The van der Waals surface area contributed by atoms with Crippen molar-refractivity contribution in [1.82, 2.24) is 8.87 Å². The van der Waals surface area contributed by atoms with E-state index in [1.165, 1.54) is 6.07 Å². The summed E-state index contributed by atoms with van der Waals surface area (Å²) in [5.41, 5.74) is -1.35. The summed E-state index contributed by atoms with van der Waals surface area (Å²) in [7, 11) is -3.59. The van der Waals surface area contributed by atoms with E-state index in [0.717, 1.165) is 51.0 Å². The summed E-state index contributed by atoms with van der Waals surface area (Å²) in [6.45, 7) is -0.835. The molecule has 0 aliphatic carbocycles. The van der Waals surface area contributed by atoms with Crippen LogP contribution in [0.2, 0.25) is 0 Å². The molecule has 0 saturated carbocycles. The minimum Gasteiger partial charge on any atom is -0.481 e. The van der Waals surface area contributed by atoms with E-state index in [-0.39, 0.29) is 42.5 Å². The summed E-state index contributed by atoms with van der Waals surface area (Å²) in [6, 6.07) is 16.6. The molecule has 0 amide bonds. The molecule has 0 fully saturated rings. The maximum Gasteiger partial charge on any atom is 0.416 e. The molecule has 0 radical (unpaired) electrons. The van der Waals surface area contributed by atoms with Crippen LogP contribution >= 0.6 is 0 Å². The number of carboxylic acids is 1. The smallest absolute Gasteiger partial charge is 0.416 e. The highest BCUT2D eigenvalue weighted by Crippen LogP contribution is 2.40. The van der Waals surface area contributed by atoms with Crippen molar-refractivity contribution in [2.75, 3.05) is 20.2 Å². The predicted octanol–water partition coefficient (Wildman–Crippen LogP) is 4.86. The Kier molecular flexibility index (Phi) is 8.36. The number of esters is 1. The maximum atomic E-state index is 14.2. The summed E-state index contributed by atoms with van der Waals surface area (Å²) >= 11 is 0. The Hall–Kier alpha value is -4.49. The molecule has 9 nitrogen and oxygen atoms in total. The molecule has 3 aromatic carbocycles. The number of hydrogen-bond acceptors (Lipinski definition) is 6. The summed E-state index contributed by atoms with van der Waals surface area (Å²) < 4.78 is 76.5. The van der Waals surface area contributed by atoms with Gasteiger partial charge in [0.2, 0.25) is 0 Å². The molecule has 230 valence electrons. The average Bonchev–Trinajstić information content (AvgIpc) is 2.97. The van der Waals surface area contributed by atoms with Crippen LogP contribution in [0.4, 0.5) is 13.2 Å². The standard InChI is InChI=1S/C31H27F3N2O7S/c1-43-30(40)25-18-35(14-6-13-27(38)39)44(41,42)29-28(21-10-5-11-23(16-21)31(32,33)34)22(17-26(37)36(25)29)15-20-9-4-8-19-7-2-3-12-24(19)20/h2-5,7-12,16-17,25H,6,13-15,18H2,1H3,(H,38,39). The van der Waals surface area contributed by atoms with Gasteiger partial charge in [-0.05, 0) is 52.4 Å². The number of methoxy groups -OCH3 is 1. The highest BCUT2D eigenvalue weighted by Gasteiger charge is 2.44. The Morgan fingerprint density at radius 2 is 1.70 bits per heavy atom. The topological polar surface area (TPSA) is 123 Å². The van der Waals surface area contributed by atoms with Crippen LogP contribution in [0.25, 0.3) is 21.9 Å². The second-order valence-corrected chi connectivity index (χ2v) is 12.2. The van der Waals surface area contributed by atoms with Gasteiger partial charge in [0.1, 0.15) is 6.04 Å². The first-order valence-electron chi connectivity index (χ1n) is 13.6. The Morgan fingerprint density at radius 3 is 2.41 bits per heavy atom. The lowest BCUT2D eigenvalue weighted by molar-refractivity contribution is -0.145. The molecule has 1 N–H and O–H groups in total. The minimum absolute atomic E-state index is 0.0204. The number of aromatic nitrogens is 1. The molecule has 4 aromatic rings. The Morgan fingerprint density at radius 1 is 1.00 bits per heavy atom. The van der Waals surface area contributed by atoms with E-state index in [4.69, 9.17) is 9.84 Å². The number of halogens is 3. The van der Waals surface area contributed by atoms with E-state index in [0.29, 0.717) is 5.56 Å². The normalized spacial score (nSPS) is 16.4. The lowest BCUT2D eigenvalue weighted by Gasteiger charge is -2.35. The van der Waals surface area contributed by atoms with Crippen LogP contribution in [-0.4, -0.2) is 54.5 Å². The van der Waals surface area contributed by atoms with Crippen molar-refractivity contribution in [3.63, 3.8) is 0 Å². The summed E-state index contributed by atoms with van der Waals surface area (Å²) in [5, 5.41) is 10.1. The monoisotopic (exact) mass is 628 g/mol. The first kappa shape index (κ1) is 31.0. The fourth-order valence-corrected chi connectivity index (χ4v) is 7.50. The van der Waals surface area contributed by atoms with Gasteiger partial charge in [0.25, 0.3) is 15.6 Å². The van der Waals surface area contributed by atoms with Gasteiger partial charge < -0.3 is 9.84 Å². The number of alkyl halides is 3. The summed E-state index contributed by atoms with van der Waals surface area (Å²) in [4.78, 5) is 37.8. The van der Waals surface area contributed by atoms with Gasteiger partial charge in [-0.1, -0.05) is 54.6 Å².